The molecule has 3 rings (SSSR count). The van der Waals surface area contributed by atoms with Gasteiger partial charge in [-0.05, 0) is 34.1 Å². The van der Waals surface area contributed by atoms with Crippen LogP contribution in [0.15, 0.2) is 4.42 Å². The molecule has 1 atom stereocenters. The fourth-order valence-corrected chi connectivity index (χ4v) is 2.66. The quantitative estimate of drug-likeness (QED) is 0.872. The molecule has 0 unspecified atom stereocenters. The smallest absolute Gasteiger partial charge is 0.197 e. The van der Waals surface area contributed by atoms with Gasteiger partial charge in [0.1, 0.15) is 0 Å². The summed E-state index contributed by atoms with van der Waals surface area (Å²) in [7, 11) is 0. The Kier molecular flexibility index (Phi) is 3.80. The molecule has 0 radical (unpaired) electrons. The van der Waals surface area contributed by atoms with Gasteiger partial charge in [-0.2, -0.15) is 5.10 Å². The molecule has 2 aromatic heterocycles. The molecule has 3 heterocycles. The average Bonchev–Trinajstić information content (AvgIpc) is 3.15. The van der Waals surface area contributed by atoms with Crippen molar-refractivity contribution < 1.29 is 9.15 Å². The first-order valence-corrected chi connectivity index (χ1v) is 7.92. The van der Waals surface area contributed by atoms with Crippen LogP contribution in [-0.2, 0) is 16.7 Å². The minimum absolute atomic E-state index is 0.175. The maximum absolute atomic E-state index is 5.90. The number of hydrogen-bond acceptors (Lipinski definition) is 5. The van der Waals surface area contributed by atoms with Crippen LogP contribution < -0.4 is 0 Å². The van der Waals surface area contributed by atoms with Crippen molar-refractivity contribution in [1.82, 2.24) is 19.7 Å². The number of oxazole rings is 1. The van der Waals surface area contributed by atoms with Crippen LogP contribution in [0.3, 0.4) is 0 Å². The van der Waals surface area contributed by atoms with Crippen LogP contribution >= 0.6 is 0 Å². The van der Waals surface area contributed by atoms with E-state index in [-0.39, 0.29) is 11.5 Å². The SMILES string of the molecule is CCc1nc(C)c(-c2nc([C@H]3CCOC3)nn2C(C)(C)C)o1. The third-order valence-corrected chi connectivity index (χ3v) is 3.90. The molecule has 120 valence electrons. The Morgan fingerprint density at radius 2 is 2.05 bits per heavy atom. The van der Waals surface area contributed by atoms with E-state index < -0.39 is 0 Å². The second kappa shape index (κ2) is 5.50. The number of hydrogen-bond donors (Lipinski definition) is 0. The number of nitrogens with zero attached hydrogens (tertiary/aromatic N) is 4. The second-order valence-electron chi connectivity index (χ2n) is 6.81. The Hall–Kier alpha value is -1.69. The van der Waals surface area contributed by atoms with Gasteiger partial charge in [-0.15, -0.1) is 0 Å². The Balaban J connectivity index is 2.09. The molecule has 6 nitrogen and oxygen atoms in total. The first-order valence-electron chi connectivity index (χ1n) is 7.92. The summed E-state index contributed by atoms with van der Waals surface area (Å²) >= 11 is 0. The van der Waals surface area contributed by atoms with Crippen LogP contribution in [0.5, 0.6) is 0 Å². The molecule has 0 bridgehead atoms. The van der Waals surface area contributed by atoms with Crippen LogP contribution in [0.25, 0.3) is 11.6 Å². The normalized spacial score (nSPS) is 19.0. The molecule has 0 aromatic carbocycles. The van der Waals surface area contributed by atoms with Crippen LogP contribution in [-0.4, -0.2) is 33.0 Å². The zero-order valence-electron chi connectivity index (χ0n) is 14.0. The predicted molar refractivity (Wildman–Crippen MR) is 82.8 cm³/mol. The summed E-state index contributed by atoms with van der Waals surface area (Å²) in [6, 6.07) is 0. The summed E-state index contributed by atoms with van der Waals surface area (Å²) in [6.07, 6.45) is 1.75. The zero-order valence-corrected chi connectivity index (χ0v) is 14.0. The first kappa shape index (κ1) is 15.2. The molecule has 2 aromatic rings. The molecule has 22 heavy (non-hydrogen) atoms. The molecular weight excluding hydrogens is 280 g/mol. The number of rotatable bonds is 3. The van der Waals surface area contributed by atoms with E-state index in [2.05, 4.69) is 25.8 Å². The molecule has 0 saturated carbocycles. The highest BCUT2D eigenvalue weighted by Gasteiger charge is 2.30. The minimum atomic E-state index is -0.175. The van der Waals surface area contributed by atoms with E-state index in [1.165, 1.54) is 0 Å². The summed E-state index contributed by atoms with van der Waals surface area (Å²) in [6.45, 7) is 11.8. The number of aromatic nitrogens is 4. The van der Waals surface area contributed by atoms with Crippen molar-refractivity contribution in [3.63, 3.8) is 0 Å². The Morgan fingerprint density at radius 3 is 2.59 bits per heavy atom. The van der Waals surface area contributed by atoms with Crippen molar-refractivity contribution >= 4 is 0 Å². The van der Waals surface area contributed by atoms with Crippen LogP contribution in [0.2, 0.25) is 0 Å². The number of ether oxygens (including phenoxy) is 1. The summed E-state index contributed by atoms with van der Waals surface area (Å²) in [5, 5.41) is 4.75. The third-order valence-electron chi connectivity index (χ3n) is 3.90. The maximum atomic E-state index is 5.90. The molecule has 1 aliphatic rings. The summed E-state index contributed by atoms with van der Waals surface area (Å²) in [4.78, 5) is 9.24. The van der Waals surface area contributed by atoms with Crippen molar-refractivity contribution in [2.45, 2.75) is 58.9 Å². The highest BCUT2D eigenvalue weighted by atomic mass is 16.5. The third kappa shape index (κ3) is 2.67. The fourth-order valence-electron chi connectivity index (χ4n) is 2.66. The van der Waals surface area contributed by atoms with Gasteiger partial charge in [0.05, 0.1) is 17.8 Å². The van der Waals surface area contributed by atoms with E-state index >= 15 is 0 Å². The fraction of sp³-hybridized carbons (Fsp3) is 0.688. The highest BCUT2D eigenvalue weighted by Crippen LogP contribution is 2.31. The minimum Gasteiger partial charge on any atom is -0.437 e. The van der Waals surface area contributed by atoms with Gasteiger partial charge in [0, 0.05) is 18.9 Å². The van der Waals surface area contributed by atoms with Gasteiger partial charge in [0.25, 0.3) is 0 Å². The van der Waals surface area contributed by atoms with Gasteiger partial charge in [-0.25, -0.2) is 14.6 Å². The van der Waals surface area contributed by atoms with Crippen molar-refractivity contribution in [2.24, 2.45) is 0 Å². The molecule has 0 aliphatic carbocycles. The topological polar surface area (TPSA) is 66.0 Å². The van der Waals surface area contributed by atoms with E-state index in [4.69, 9.17) is 19.2 Å². The summed E-state index contributed by atoms with van der Waals surface area (Å²) in [5.41, 5.74) is 0.690. The zero-order chi connectivity index (χ0) is 15.9. The van der Waals surface area contributed by atoms with Crippen molar-refractivity contribution in [3.8, 4) is 11.6 Å². The van der Waals surface area contributed by atoms with Gasteiger partial charge in [-0.3, -0.25) is 0 Å². The lowest BCUT2D eigenvalue weighted by molar-refractivity contribution is 0.193. The lowest BCUT2D eigenvalue weighted by Crippen LogP contribution is -2.24. The Labute approximate surface area is 130 Å². The number of aryl methyl sites for hydroxylation is 2. The molecule has 1 fully saturated rings. The van der Waals surface area contributed by atoms with Crippen molar-refractivity contribution in [3.05, 3.63) is 17.4 Å². The molecule has 6 heteroatoms. The monoisotopic (exact) mass is 304 g/mol. The largest absolute Gasteiger partial charge is 0.437 e. The van der Waals surface area contributed by atoms with E-state index in [0.29, 0.717) is 6.61 Å². The van der Waals surface area contributed by atoms with Gasteiger partial charge >= 0.3 is 0 Å². The molecule has 0 spiro atoms. The van der Waals surface area contributed by atoms with Crippen LogP contribution in [0, 0.1) is 6.92 Å². The van der Waals surface area contributed by atoms with Gasteiger partial charge in [-0.1, -0.05) is 6.92 Å². The Morgan fingerprint density at radius 1 is 1.27 bits per heavy atom. The molecule has 1 aliphatic heterocycles. The lowest BCUT2D eigenvalue weighted by Gasteiger charge is -2.20. The van der Waals surface area contributed by atoms with Gasteiger partial charge < -0.3 is 9.15 Å². The maximum Gasteiger partial charge on any atom is 0.197 e. The van der Waals surface area contributed by atoms with Gasteiger partial charge in [0.15, 0.2) is 23.3 Å². The van der Waals surface area contributed by atoms with E-state index in [1.54, 1.807) is 0 Å². The lowest BCUT2D eigenvalue weighted by atomic mass is 10.1. The molecule has 0 amide bonds. The van der Waals surface area contributed by atoms with E-state index in [9.17, 15) is 0 Å². The molecule has 1 saturated heterocycles. The van der Waals surface area contributed by atoms with Gasteiger partial charge in [0.2, 0.25) is 0 Å². The predicted octanol–water partition coefficient (Wildman–Crippen LogP) is 3.06. The van der Waals surface area contributed by atoms with Crippen LogP contribution in [0.1, 0.15) is 57.4 Å². The standard InChI is InChI=1S/C16H24N4O2/c1-6-12-17-10(2)13(22-12)15-18-14(11-7-8-21-9-11)19-20(15)16(3,4)5/h11H,6-9H2,1-5H3/t11-/m0/s1. The van der Waals surface area contributed by atoms with Crippen molar-refractivity contribution in [1.29, 1.82) is 0 Å². The second-order valence-corrected chi connectivity index (χ2v) is 6.81. The first-order chi connectivity index (χ1) is 10.4. The van der Waals surface area contributed by atoms with E-state index in [1.807, 2.05) is 18.5 Å². The Bertz CT molecular complexity index is 660. The average molecular weight is 304 g/mol. The van der Waals surface area contributed by atoms with Crippen LogP contribution in [0.4, 0.5) is 0 Å². The molecule has 0 N–H and O–H groups in total. The summed E-state index contributed by atoms with van der Waals surface area (Å²) in [5.74, 6) is 3.35. The van der Waals surface area contributed by atoms with E-state index in [0.717, 1.165) is 48.4 Å². The highest BCUT2D eigenvalue weighted by molar-refractivity contribution is 5.51. The van der Waals surface area contributed by atoms with Crippen molar-refractivity contribution in [2.75, 3.05) is 13.2 Å². The molecular formula is C16H24N4O2. The summed E-state index contributed by atoms with van der Waals surface area (Å²) < 4.78 is 13.3.